The predicted molar refractivity (Wildman–Crippen MR) is 52.1 cm³/mol. The summed E-state index contributed by atoms with van der Waals surface area (Å²) in [6.45, 7) is 2.29. The maximum Gasteiger partial charge on any atom is -0.0112 e. The zero-order chi connectivity index (χ0) is 7.73. The second-order valence-corrected chi connectivity index (χ2v) is 4.33. The van der Waals surface area contributed by atoms with Crippen molar-refractivity contribution in [1.29, 1.82) is 0 Å². The SMILES string of the molecule is CCCCC12C=CC(CC1)C2.O. The number of rotatable bonds is 3. The van der Waals surface area contributed by atoms with Gasteiger partial charge in [0.2, 0.25) is 0 Å². The quantitative estimate of drug-likeness (QED) is 0.580. The zero-order valence-corrected chi connectivity index (χ0v) is 7.97. The molecule has 2 atom stereocenters. The van der Waals surface area contributed by atoms with E-state index in [0.717, 1.165) is 5.92 Å². The van der Waals surface area contributed by atoms with Crippen LogP contribution < -0.4 is 0 Å². The molecular weight excluding hydrogens is 148 g/mol. The highest BCUT2D eigenvalue weighted by molar-refractivity contribution is 5.15. The van der Waals surface area contributed by atoms with Gasteiger partial charge < -0.3 is 5.48 Å². The van der Waals surface area contributed by atoms with E-state index in [1.54, 1.807) is 0 Å². The van der Waals surface area contributed by atoms with E-state index in [-0.39, 0.29) is 5.48 Å². The molecule has 2 rings (SSSR count). The van der Waals surface area contributed by atoms with Crippen LogP contribution in [0.5, 0.6) is 0 Å². The third-order valence-corrected chi connectivity index (χ3v) is 3.43. The monoisotopic (exact) mass is 168 g/mol. The predicted octanol–water partition coefficient (Wildman–Crippen LogP) is 2.71. The first-order valence-corrected chi connectivity index (χ1v) is 5.04. The minimum absolute atomic E-state index is 0. The minimum atomic E-state index is 0. The molecule has 0 aromatic carbocycles. The van der Waals surface area contributed by atoms with Crippen molar-refractivity contribution in [2.45, 2.75) is 45.4 Å². The summed E-state index contributed by atoms with van der Waals surface area (Å²) in [4.78, 5) is 0. The number of fused-ring (bicyclic) bond motifs is 2. The van der Waals surface area contributed by atoms with Crippen molar-refractivity contribution >= 4 is 0 Å². The normalized spacial score (nSPS) is 36.9. The third-order valence-electron chi connectivity index (χ3n) is 3.43. The van der Waals surface area contributed by atoms with Gasteiger partial charge in [0, 0.05) is 0 Å². The fourth-order valence-corrected chi connectivity index (χ4v) is 2.69. The Bertz CT molecular complexity index is 174. The molecule has 0 heterocycles. The van der Waals surface area contributed by atoms with Gasteiger partial charge in [0.15, 0.2) is 0 Å². The van der Waals surface area contributed by atoms with E-state index in [2.05, 4.69) is 19.1 Å². The molecule has 70 valence electrons. The van der Waals surface area contributed by atoms with Crippen LogP contribution in [0.3, 0.4) is 0 Å². The maximum atomic E-state index is 2.51. The summed E-state index contributed by atoms with van der Waals surface area (Å²) in [5.41, 5.74) is 0.681. The Morgan fingerprint density at radius 3 is 2.75 bits per heavy atom. The first kappa shape index (κ1) is 9.79. The Morgan fingerprint density at radius 2 is 2.33 bits per heavy atom. The van der Waals surface area contributed by atoms with Crippen molar-refractivity contribution in [2.75, 3.05) is 0 Å². The zero-order valence-electron chi connectivity index (χ0n) is 7.97. The summed E-state index contributed by atoms with van der Waals surface area (Å²) in [5, 5.41) is 0. The average Bonchev–Trinajstić information content (AvgIpc) is 2.60. The van der Waals surface area contributed by atoms with Crippen LogP contribution in [0.4, 0.5) is 0 Å². The fourth-order valence-electron chi connectivity index (χ4n) is 2.69. The molecule has 0 saturated heterocycles. The Labute approximate surface area is 75.2 Å². The van der Waals surface area contributed by atoms with Gasteiger partial charge in [-0.15, -0.1) is 0 Å². The topological polar surface area (TPSA) is 31.5 Å². The fraction of sp³-hybridized carbons (Fsp3) is 0.818. The first-order chi connectivity index (χ1) is 5.35. The van der Waals surface area contributed by atoms with Crippen molar-refractivity contribution in [2.24, 2.45) is 11.3 Å². The molecule has 1 fully saturated rings. The second-order valence-electron chi connectivity index (χ2n) is 4.33. The summed E-state index contributed by atoms with van der Waals surface area (Å²) in [5.74, 6) is 0.965. The van der Waals surface area contributed by atoms with Crippen molar-refractivity contribution < 1.29 is 5.48 Å². The number of unbranched alkanes of at least 4 members (excludes halogenated alkanes) is 1. The largest absolute Gasteiger partial charge is 0.412 e. The lowest BCUT2D eigenvalue weighted by atomic mass is 9.83. The van der Waals surface area contributed by atoms with Crippen molar-refractivity contribution in [3.63, 3.8) is 0 Å². The van der Waals surface area contributed by atoms with Gasteiger partial charge in [-0.05, 0) is 37.0 Å². The summed E-state index contributed by atoms with van der Waals surface area (Å²) >= 11 is 0. The van der Waals surface area contributed by atoms with Crippen LogP contribution in [0.1, 0.15) is 45.4 Å². The van der Waals surface area contributed by atoms with E-state index < -0.39 is 0 Å². The molecule has 1 heteroatoms. The molecule has 0 spiro atoms. The van der Waals surface area contributed by atoms with E-state index in [1.165, 1.54) is 38.5 Å². The Balaban J connectivity index is 0.000000720. The van der Waals surface area contributed by atoms with Gasteiger partial charge >= 0.3 is 0 Å². The van der Waals surface area contributed by atoms with Gasteiger partial charge in [-0.25, -0.2) is 0 Å². The molecule has 12 heavy (non-hydrogen) atoms. The van der Waals surface area contributed by atoms with E-state index in [0.29, 0.717) is 5.41 Å². The molecule has 2 N–H and O–H groups in total. The molecule has 0 amide bonds. The lowest BCUT2D eigenvalue weighted by Crippen LogP contribution is -2.10. The minimum Gasteiger partial charge on any atom is -0.412 e. The molecule has 2 unspecified atom stereocenters. The molecular formula is C11H20O. The summed E-state index contributed by atoms with van der Waals surface area (Å²) in [6.07, 6.45) is 13.6. The summed E-state index contributed by atoms with van der Waals surface area (Å²) < 4.78 is 0. The van der Waals surface area contributed by atoms with Crippen LogP contribution in [0.15, 0.2) is 12.2 Å². The smallest absolute Gasteiger partial charge is 0.0112 e. The number of hydrogen-bond donors (Lipinski definition) is 0. The lowest BCUT2D eigenvalue weighted by Gasteiger charge is -2.22. The molecule has 0 aliphatic heterocycles. The van der Waals surface area contributed by atoms with Crippen LogP contribution in [0, 0.1) is 11.3 Å². The first-order valence-electron chi connectivity index (χ1n) is 5.04. The van der Waals surface area contributed by atoms with E-state index in [9.17, 15) is 0 Å². The lowest BCUT2D eigenvalue weighted by molar-refractivity contribution is 0.357. The number of hydrogen-bond acceptors (Lipinski definition) is 0. The third kappa shape index (κ3) is 1.56. The van der Waals surface area contributed by atoms with E-state index >= 15 is 0 Å². The van der Waals surface area contributed by atoms with Gasteiger partial charge in [0.1, 0.15) is 0 Å². The standard InChI is InChI=1S/C11H18.H2O/c1-2-3-6-11-7-4-10(9-11)5-8-11;/h4,7,10H,2-3,5-6,8-9H2,1H3;1H2. The van der Waals surface area contributed by atoms with Crippen LogP contribution in [-0.4, -0.2) is 5.48 Å². The molecule has 0 radical (unpaired) electrons. The molecule has 0 aromatic rings. The van der Waals surface area contributed by atoms with Crippen molar-refractivity contribution in [3.05, 3.63) is 12.2 Å². The molecule has 1 saturated carbocycles. The second kappa shape index (κ2) is 3.61. The molecule has 2 bridgehead atoms. The molecule has 1 nitrogen and oxygen atoms in total. The van der Waals surface area contributed by atoms with Crippen molar-refractivity contribution in [1.82, 2.24) is 0 Å². The molecule has 2 aliphatic carbocycles. The maximum absolute atomic E-state index is 2.51. The van der Waals surface area contributed by atoms with Gasteiger partial charge in [0.25, 0.3) is 0 Å². The summed E-state index contributed by atoms with van der Waals surface area (Å²) in [7, 11) is 0. The molecule has 2 aliphatic rings. The highest BCUT2D eigenvalue weighted by atomic mass is 16.0. The Morgan fingerprint density at radius 1 is 1.50 bits per heavy atom. The van der Waals surface area contributed by atoms with Crippen LogP contribution in [-0.2, 0) is 0 Å². The highest BCUT2D eigenvalue weighted by Crippen LogP contribution is 2.51. The van der Waals surface area contributed by atoms with Gasteiger partial charge in [-0.2, -0.15) is 0 Å². The summed E-state index contributed by atoms with van der Waals surface area (Å²) in [6, 6.07) is 0. The Kier molecular flexibility index (Phi) is 2.94. The van der Waals surface area contributed by atoms with Crippen LogP contribution in [0.25, 0.3) is 0 Å². The van der Waals surface area contributed by atoms with Gasteiger partial charge in [-0.3, -0.25) is 0 Å². The Hall–Kier alpha value is -0.300. The number of allylic oxidation sites excluding steroid dienone is 2. The average molecular weight is 168 g/mol. The van der Waals surface area contributed by atoms with Crippen molar-refractivity contribution in [3.8, 4) is 0 Å². The molecule has 0 aromatic heterocycles. The van der Waals surface area contributed by atoms with Crippen LogP contribution in [0.2, 0.25) is 0 Å². The van der Waals surface area contributed by atoms with Gasteiger partial charge in [-0.1, -0.05) is 31.9 Å². The van der Waals surface area contributed by atoms with E-state index in [4.69, 9.17) is 0 Å². The highest BCUT2D eigenvalue weighted by Gasteiger charge is 2.39. The van der Waals surface area contributed by atoms with Gasteiger partial charge in [0.05, 0.1) is 0 Å². The van der Waals surface area contributed by atoms with E-state index in [1.807, 2.05) is 0 Å². The van der Waals surface area contributed by atoms with Crippen LogP contribution >= 0.6 is 0 Å².